The Morgan fingerprint density at radius 1 is 1.06 bits per heavy atom. The summed E-state index contributed by atoms with van der Waals surface area (Å²) in [5.74, 6) is 1.35. The predicted octanol–water partition coefficient (Wildman–Crippen LogP) is 1.44. The highest BCUT2D eigenvalue weighted by atomic mass is 16.5. The summed E-state index contributed by atoms with van der Waals surface area (Å²) in [4.78, 5) is 46.4. The maximum Gasteiger partial charge on any atom is 0.397 e. The average Bonchev–Trinajstić information content (AvgIpc) is 3.40. The lowest BCUT2D eigenvalue weighted by Gasteiger charge is -2.31. The zero-order valence-electron chi connectivity index (χ0n) is 17.8. The standard InChI is InChI=1S/C23H22N5O4/c1-25-20-19(21(30)26(2)23(25)31)28-13-12-27(22(28)24-20)16-8-10-17(11-9-16)32-14-18(29)15-6-4-3-5-7-15/h3-11,19H,12-14H2,1-2H3/q+1. The number of carbonyl (C=O) groups excluding carboxylic acids is 3. The minimum Gasteiger partial charge on any atom is -0.485 e. The number of amidine groups is 1. The predicted molar refractivity (Wildman–Crippen MR) is 117 cm³/mol. The van der Waals surface area contributed by atoms with Crippen molar-refractivity contribution in [2.24, 2.45) is 4.99 Å². The molecule has 32 heavy (non-hydrogen) atoms. The molecule has 0 saturated carbocycles. The van der Waals surface area contributed by atoms with Crippen LogP contribution in [0.25, 0.3) is 0 Å². The fourth-order valence-electron chi connectivity index (χ4n) is 4.16. The summed E-state index contributed by atoms with van der Waals surface area (Å²) in [6.45, 7) is 1.26. The molecule has 0 radical (unpaired) electrons. The number of anilines is 1. The lowest BCUT2D eigenvalue weighted by molar-refractivity contribution is -0.525. The van der Waals surface area contributed by atoms with Gasteiger partial charge in [0.05, 0.1) is 6.54 Å². The topological polar surface area (TPSA) is 85.5 Å². The summed E-state index contributed by atoms with van der Waals surface area (Å²) in [6, 6.07) is 15.5. The number of hydrogen-bond acceptors (Lipinski definition) is 6. The number of nitrogens with zero attached hydrogens (tertiary/aromatic N) is 5. The molecule has 0 aromatic heterocycles. The molecule has 3 aliphatic heterocycles. The Hall–Kier alpha value is -4.01. The largest absolute Gasteiger partial charge is 0.485 e. The van der Waals surface area contributed by atoms with Crippen LogP contribution < -0.4 is 9.64 Å². The molecule has 3 amide bonds. The zero-order valence-corrected chi connectivity index (χ0v) is 17.8. The van der Waals surface area contributed by atoms with Crippen LogP contribution >= 0.6 is 0 Å². The van der Waals surface area contributed by atoms with Crippen LogP contribution in [0.1, 0.15) is 10.4 Å². The van der Waals surface area contributed by atoms with Crippen LogP contribution in [0, 0.1) is 0 Å². The van der Waals surface area contributed by atoms with Crippen molar-refractivity contribution in [3.8, 4) is 5.75 Å². The smallest absolute Gasteiger partial charge is 0.397 e. The number of rotatable bonds is 5. The number of benzene rings is 2. The quantitative estimate of drug-likeness (QED) is 0.527. The number of ether oxygens (including phenoxy) is 1. The Balaban J connectivity index is 1.31. The number of amides is 3. The maximum atomic E-state index is 12.7. The van der Waals surface area contributed by atoms with E-state index in [2.05, 4.69) is 4.99 Å². The van der Waals surface area contributed by atoms with Gasteiger partial charge in [0, 0.05) is 19.7 Å². The molecule has 9 heteroatoms. The van der Waals surface area contributed by atoms with E-state index in [4.69, 9.17) is 4.74 Å². The molecule has 0 bridgehead atoms. The molecule has 5 rings (SSSR count). The van der Waals surface area contributed by atoms with Gasteiger partial charge in [-0.15, -0.1) is 0 Å². The zero-order chi connectivity index (χ0) is 22.4. The number of likely N-dealkylation sites (N-methyl/N-ethyl adjacent to an activating group) is 2. The monoisotopic (exact) mass is 432 g/mol. The molecule has 3 heterocycles. The third-order valence-corrected chi connectivity index (χ3v) is 5.93. The van der Waals surface area contributed by atoms with E-state index in [0.717, 1.165) is 10.6 Å². The lowest BCUT2D eigenvalue weighted by Crippen LogP contribution is -2.61. The molecule has 0 spiro atoms. The summed E-state index contributed by atoms with van der Waals surface area (Å²) in [5, 5.41) is 0. The first-order valence-electron chi connectivity index (χ1n) is 10.3. The molecule has 1 unspecified atom stereocenters. The average molecular weight is 432 g/mol. The van der Waals surface area contributed by atoms with Gasteiger partial charge in [-0.05, 0) is 24.3 Å². The number of guanidine groups is 1. The minimum atomic E-state index is -0.575. The number of fused-ring (bicyclic) bond motifs is 2. The van der Waals surface area contributed by atoms with Gasteiger partial charge in [-0.25, -0.2) is 14.3 Å². The van der Waals surface area contributed by atoms with E-state index in [1.54, 1.807) is 31.3 Å². The van der Waals surface area contributed by atoms with Crippen LogP contribution in [0.3, 0.4) is 0 Å². The van der Waals surface area contributed by atoms with Crippen molar-refractivity contribution >= 4 is 35.2 Å². The van der Waals surface area contributed by atoms with Crippen molar-refractivity contribution in [1.29, 1.82) is 0 Å². The second kappa shape index (κ2) is 7.60. The molecular formula is C23H22N5O4+. The Kier molecular flexibility index (Phi) is 4.73. The van der Waals surface area contributed by atoms with E-state index >= 15 is 0 Å². The number of urea groups is 1. The van der Waals surface area contributed by atoms with E-state index in [-0.39, 0.29) is 24.3 Å². The van der Waals surface area contributed by atoms with E-state index < -0.39 is 6.04 Å². The summed E-state index contributed by atoms with van der Waals surface area (Å²) in [6.07, 6.45) is 0. The van der Waals surface area contributed by atoms with Crippen molar-refractivity contribution < 1.29 is 23.7 Å². The van der Waals surface area contributed by atoms with Gasteiger partial charge in [-0.3, -0.25) is 19.4 Å². The van der Waals surface area contributed by atoms with E-state index in [9.17, 15) is 14.4 Å². The summed E-state index contributed by atoms with van der Waals surface area (Å²) >= 11 is 0. The minimum absolute atomic E-state index is 0.0381. The number of imide groups is 1. The molecule has 3 aliphatic rings. The Labute approximate surface area is 184 Å². The van der Waals surface area contributed by atoms with Crippen LogP contribution in [-0.4, -0.2) is 83.7 Å². The van der Waals surface area contributed by atoms with Crippen LogP contribution in [0.15, 0.2) is 59.6 Å². The molecule has 162 valence electrons. The summed E-state index contributed by atoms with van der Waals surface area (Å²) < 4.78 is 7.58. The molecule has 9 nitrogen and oxygen atoms in total. The second-order valence-corrected chi connectivity index (χ2v) is 7.83. The van der Waals surface area contributed by atoms with Gasteiger partial charge in [-0.2, -0.15) is 0 Å². The number of aliphatic imine (C=N–C) groups is 1. The number of carbonyl (C=O) groups is 3. The Morgan fingerprint density at radius 3 is 2.50 bits per heavy atom. The molecule has 0 aliphatic carbocycles. The highest BCUT2D eigenvalue weighted by molar-refractivity contribution is 6.24. The third-order valence-electron chi connectivity index (χ3n) is 5.93. The van der Waals surface area contributed by atoms with Gasteiger partial charge in [-0.1, -0.05) is 35.3 Å². The first kappa shape index (κ1) is 19.9. The van der Waals surface area contributed by atoms with Gasteiger partial charge >= 0.3 is 12.0 Å². The molecule has 1 saturated heterocycles. The number of Topliss-reactive ketones (excluding diaryl/α,β-unsaturated/α-hetero) is 1. The van der Waals surface area contributed by atoms with Crippen molar-refractivity contribution in [3.63, 3.8) is 0 Å². The van der Waals surface area contributed by atoms with Crippen molar-refractivity contribution in [3.05, 3.63) is 60.2 Å². The molecule has 2 aromatic rings. The number of hydrogen-bond donors (Lipinski definition) is 0. The summed E-state index contributed by atoms with van der Waals surface area (Å²) in [5.41, 5.74) is 1.50. The van der Waals surface area contributed by atoms with Crippen LogP contribution in [-0.2, 0) is 4.79 Å². The Morgan fingerprint density at radius 2 is 1.78 bits per heavy atom. The molecule has 1 atom stereocenters. The molecule has 2 aromatic carbocycles. The highest BCUT2D eigenvalue weighted by Gasteiger charge is 2.54. The molecule has 0 N–H and O–H groups in total. The third kappa shape index (κ3) is 3.13. The fourth-order valence-corrected chi connectivity index (χ4v) is 4.16. The SMILES string of the molecule is CN1C(=O)C2C(=NC3=[N+]2CCN3c2ccc(OCC(=O)c3ccccc3)cc2)N(C)C1=O. The van der Waals surface area contributed by atoms with Gasteiger partial charge in [0.15, 0.2) is 12.4 Å². The van der Waals surface area contributed by atoms with E-state index in [0.29, 0.717) is 36.2 Å². The van der Waals surface area contributed by atoms with Crippen LogP contribution in [0.4, 0.5) is 10.5 Å². The molecule has 1 fully saturated rings. The van der Waals surface area contributed by atoms with Gasteiger partial charge < -0.3 is 4.74 Å². The van der Waals surface area contributed by atoms with Gasteiger partial charge in [0.1, 0.15) is 18.0 Å². The number of ketones is 1. The van der Waals surface area contributed by atoms with Gasteiger partial charge in [0.25, 0.3) is 5.91 Å². The first-order valence-corrected chi connectivity index (χ1v) is 10.3. The van der Waals surface area contributed by atoms with Crippen molar-refractivity contribution in [1.82, 2.24) is 9.80 Å². The van der Waals surface area contributed by atoms with E-state index in [1.165, 1.54) is 11.9 Å². The highest BCUT2D eigenvalue weighted by Crippen LogP contribution is 2.27. The Bertz CT molecular complexity index is 1170. The van der Waals surface area contributed by atoms with Crippen molar-refractivity contribution in [2.45, 2.75) is 6.04 Å². The fraction of sp³-hybridized carbons (Fsp3) is 0.261. The lowest BCUT2D eigenvalue weighted by atomic mass is 10.1. The molecular weight excluding hydrogens is 410 g/mol. The maximum absolute atomic E-state index is 12.7. The van der Waals surface area contributed by atoms with Crippen molar-refractivity contribution in [2.75, 3.05) is 38.7 Å². The first-order chi connectivity index (χ1) is 15.5. The second-order valence-electron chi connectivity index (χ2n) is 7.83. The normalized spacial score (nSPS) is 19.9. The van der Waals surface area contributed by atoms with Crippen LogP contribution in [0.2, 0.25) is 0 Å². The van der Waals surface area contributed by atoms with Gasteiger partial charge in [0.2, 0.25) is 11.9 Å². The van der Waals surface area contributed by atoms with Crippen LogP contribution in [0.5, 0.6) is 5.75 Å². The van der Waals surface area contributed by atoms with E-state index in [1.807, 2.05) is 39.8 Å². The summed E-state index contributed by atoms with van der Waals surface area (Å²) in [7, 11) is 3.12.